The first-order valence-corrected chi connectivity index (χ1v) is 5.56. The fraction of sp³-hybridized carbons (Fsp3) is 0.667. The van der Waals surface area contributed by atoms with Crippen molar-refractivity contribution in [1.29, 1.82) is 0 Å². The van der Waals surface area contributed by atoms with Crippen LogP contribution < -0.4 is 4.74 Å². The molecule has 1 saturated heterocycles. The van der Waals surface area contributed by atoms with E-state index >= 15 is 0 Å². The second-order valence-corrected chi connectivity index (χ2v) is 4.46. The average Bonchev–Trinajstić information content (AvgIpc) is 2.70. The van der Waals surface area contributed by atoms with Crippen LogP contribution in [0.4, 0.5) is 8.78 Å². The van der Waals surface area contributed by atoms with Gasteiger partial charge in [0.2, 0.25) is 0 Å². The molecule has 0 aliphatic carbocycles. The molecule has 0 spiro atoms. The Labute approximate surface area is 99.6 Å². The highest BCUT2D eigenvalue weighted by Gasteiger charge is 2.45. The second kappa shape index (κ2) is 4.29. The van der Waals surface area contributed by atoms with Crippen molar-refractivity contribution in [2.45, 2.75) is 5.92 Å². The van der Waals surface area contributed by atoms with Gasteiger partial charge in [-0.2, -0.15) is 5.10 Å². The molecule has 16 heavy (non-hydrogen) atoms. The van der Waals surface area contributed by atoms with Crippen LogP contribution in [0.5, 0.6) is 5.75 Å². The molecule has 1 fully saturated rings. The molecule has 4 nitrogen and oxygen atoms in total. The standard InChI is InChI=1S/C9H11BrF2N2O2/c1-14-8(10)7(2-13-14)16-4-6-3-15-5-9(6,11)12/h2,6H,3-5H2,1H3/t6-/m1/s1. The summed E-state index contributed by atoms with van der Waals surface area (Å²) in [6.07, 6.45) is 1.48. The molecule has 0 unspecified atom stereocenters. The van der Waals surface area contributed by atoms with Gasteiger partial charge in [0.25, 0.3) is 5.92 Å². The Balaban J connectivity index is 1.95. The van der Waals surface area contributed by atoms with Crippen molar-refractivity contribution >= 4 is 15.9 Å². The molecule has 0 bridgehead atoms. The Kier molecular flexibility index (Phi) is 3.16. The fourth-order valence-electron chi connectivity index (χ4n) is 1.44. The predicted octanol–water partition coefficient (Wildman–Crippen LogP) is 1.84. The van der Waals surface area contributed by atoms with Gasteiger partial charge in [0.05, 0.1) is 25.3 Å². The molecule has 1 aromatic heterocycles. The van der Waals surface area contributed by atoms with Crippen LogP contribution in [0.1, 0.15) is 0 Å². The first-order valence-electron chi connectivity index (χ1n) is 4.76. The number of rotatable bonds is 3. The van der Waals surface area contributed by atoms with Gasteiger partial charge in [0, 0.05) is 7.05 Å². The van der Waals surface area contributed by atoms with Crippen molar-refractivity contribution in [3.8, 4) is 5.75 Å². The maximum absolute atomic E-state index is 13.2. The monoisotopic (exact) mass is 296 g/mol. The Morgan fingerprint density at radius 3 is 3.00 bits per heavy atom. The van der Waals surface area contributed by atoms with Crippen LogP contribution in [-0.4, -0.2) is 35.5 Å². The molecule has 0 aromatic carbocycles. The molecule has 1 aliphatic rings. The third-order valence-electron chi connectivity index (χ3n) is 2.49. The number of nitrogens with zero attached hydrogens (tertiary/aromatic N) is 2. The highest BCUT2D eigenvalue weighted by molar-refractivity contribution is 9.10. The zero-order chi connectivity index (χ0) is 11.8. The Hall–Kier alpha value is -0.690. The second-order valence-electron chi connectivity index (χ2n) is 3.71. The number of alkyl halides is 2. The van der Waals surface area contributed by atoms with Gasteiger partial charge in [-0.25, -0.2) is 8.78 Å². The molecule has 1 aromatic rings. The lowest BCUT2D eigenvalue weighted by Crippen LogP contribution is -2.31. The van der Waals surface area contributed by atoms with E-state index < -0.39 is 18.4 Å². The van der Waals surface area contributed by atoms with Gasteiger partial charge in [-0.05, 0) is 15.9 Å². The topological polar surface area (TPSA) is 36.3 Å². The fourth-order valence-corrected chi connectivity index (χ4v) is 1.75. The van der Waals surface area contributed by atoms with Crippen LogP contribution >= 0.6 is 15.9 Å². The largest absolute Gasteiger partial charge is 0.488 e. The molecule has 0 radical (unpaired) electrons. The summed E-state index contributed by atoms with van der Waals surface area (Å²) in [4.78, 5) is 0. The van der Waals surface area contributed by atoms with Crippen LogP contribution in [-0.2, 0) is 11.8 Å². The number of hydrogen-bond donors (Lipinski definition) is 0. The highest BCUT2D eigenvalue weighted by Crippen LogP contribution is 2.32. The van der Waals surface area contributed by atoms with Gasteiger partial charge >= 0.3 is 0 Å². The van der Waals surface area contributed by atoms with Gasteiger partial charge in [-0.3, -0.25) is 4.68 Å². The minimum atomic E-state index is -2.80. The molecular formula is C9H11BrF2N2O2. The van der Waals surface area contributed by atoms with E-state index in [0.29, 0.717) is 10.4 Å². The van der Waals surface area contributed by atoms with Crippen molar-refractivity contribution in [2.75, 3.05) is 19.8 Å². The number of aromatic nitrogens is 2. The van der Waals surface area contributed by atoms with Crippen molar-refractivity contribution in [1.82, 2.24) is 9.78 Å². The maximum Gasteiger partial charge on any atom is 0.279 e. The summed E-state index contributed by atoms with van der Waals surface area (Å²) >= 11 is 3.25. The summed E-state index contributed by atoms with van der Waals surface area (Å²) in [5, 5.41) is 3.92. The molecule has 0 N–H and O–H groups in total. The summed E-state index contributed by atoms with van der Waals surface area (Å²) in [6.45, 7) is -0.558. The Morgan fingerprint density at radius 1 is 1.75 bits per heavy atom. The average molecular weight is 297 g/mol. The number of aryl methyl sites for hydroxylation is 1. The molecule has 1 atom stereocenters. The van der Waals surface area contributed by atoms with E-state index in [1.54, 1.807) is 11.7 Å². The van der Waals surface area contributed by atoms with E-state index in [-0.39, 0.29) is 13.2 Å². The molecule has 2 rings (SSSR count). The van der Waals surface area contributed by atoms with E-state index in [9.17, 15) is 8.78 Å². The van der Waals surface area contributed by atoms with Crippen LogP contribution in [0, 0.1) is 5.92 Å². The van der Waals surface area contributed by atoms with Crippen molar-refractivity contribution < 1.29 is 18.3 Å². The van der Waals surface area contributed by atoms with Gasteiger partial charge < -0.3 is 9.47 Å². The molecule has 90 valence electrons. The first-order chi connectivity index (χ1) is 7.50. The quantitative estimate of drug-likeness (QED) is 0.854. The van der Waals surface area contributed by atoms with E-state index in [2.05, 4.69) is 21.0 Å². The smallest absolute Gasteiger partial charge is 0.279 e. The number of hydrogen-bond acceptors (Lipinski definition) is 3. The summed E-state index contributed by atoms with van der Waals surface area (Å²) in [5.74, 6) is -3.22. The van der Waals surface area contributed by atoms with Gasteiger partial charge in [-0.1, -0.05) is 0 Å². The summed E-state index contributed by atoms with van der Waals surface area (Å²) in [5.41, 5.74) is 0. The molecule has 7 heteroatoms. The van der Waals surface area contributed by atoms with Crippen LogP contribution in [0.25, 0.3) is 0 Å². The molecule has 2 heterocycles. The molecule has 0 amide bonds. The summed E-state index contributed by atoms with van der Waals surface area (Å²) < 4.78 is 38.6. The maximum atomic E-state index is 13.2. The highest BCUT2D eigenvalue weighted by atomic mass is 79.9. The Bertz CT molecular complexity index is 384. The van der Waals surface area contributed by atoms with Crippen LogP contribution in [0.2, 0.25) is 0 Å². The van der Waals surface area contributed by atoms with E-state index in [1.807, 2.05) is 0 Å². The zero-order valence-corrected chi connectivity index (χ0v) is 10.2. The van der Waals surface area contributed by atoms with E-state index in [1.165, 1.54) is 6.20 Å². The minimum Gasteiger partial charge on any atom is -0.488 e. The van der Waals surface area contributed by atoms with Crippen molar-refractivity contribution in [3.05, 3.63) is 10.8 Å². The lowest BCUT2D eigenvalue weighted by molar-refractivity contribution is -0.0470. The minimum absolute atomic E-state index is 0.0326. The summed E-state index contributed by atoms with van der Waals surface area (Å²) in [7, 11) is 1.73. The third kappa shape index (κ3) is 2.20. The number of halogens is 3. The molecular weight excluding hydrogens is 286 g/mol. The van der Waals surface area contributed by atoms with Crippen LogP contribution in [0.3, 0.4) is 0 Å². The van der Waals surface area contributed by atoms with E-state index in [4.69, 9.17) is 9.47 Å². The van der Waals surface area contributed by atoms with Gasteiger partial charge in [0.15, 0.2) is 5.75 Å². The number of ether oxygens (including phenoxy) is 2. The zero-order valence-electron chi connectivity index (χ0n) is 8.62. The van der Waals surface area contributed by atoms with Crippen molar-refractivity contribution in [3.63, 3.8) is 0 Å². The van der Waals surface area contributed by atoms with Gasteiger partial charge in [0.1, 0.15) is 11.2 Å². The SMILES string of the molecule is Cn1ncc(OC[C@H]2COCC2(F)F)c1Br. The Morgan fingerprint density at radius 2 is 2.50 bits per heavy atom. The lowest BCUT2D eigenvalue weighted by Gasteiger charge is -2.16. The third-order valence-corrected chi connectivity index (χ3v) is 3.39. The van der Waals surface area contributed by atoms with E-state index in [0.717, 1.165) is 0 Å². The lowest BCUT2D eigenvalue weighted by atomic mass is 10.1. The molecule has 1 aliphatic heterocycles. The van der Waals surface area contributed by atoms with Crippen molar-refractivity contribution in [2.24, 2.45) is 13.0 Å². The molecule has 0 saturated carbocycles. The van der Waals surface area contributed by atoms with Crippen LogP contribution in [0.15, 0.2) is 10.8 Å². The van der Waals surface area contributed by atoms with Gasteiger partial charge in [-0.15, -0.1) is 0 Å². The summed E-state index contributed by atoms with van der Waals surface area (Å²) in [6, 6.07) is 0. The normalized spacial score (nSPS) is 23.6. The first kappa shape index (κ1) is 11.8. The predicted molar refractivity (Wildman–Crippen MR) is 55.7 cm³/mol.